The lowest BCUT2D eigenvalue weighted by Crippen LogP contribution is -1.94. The highest BCUT2D eigenvalue weighted by Gasteiger charge is 2.16. The average Bonchev–Trinajstić information content (AvgIpc) is 2.40. The molecule has 0 heterocycles. The number of hydrogen-bond donors (Lipinski definition) is 1. The smallest absolute Gasteiger partial charge is 0.464 e. The zero-order chi connectivity index (χ0) is 14.1. The Bertz CT molecular complexity index is 533. The fraction of sp³-hybridized carbons (Fsp3) is 0.200. The summed E-state index contributed by atoms with van der Waals surface area (Å²) in [6.07, 6.45) is 5.01. The number of nitrogens with zero attached hydrogens (tertiary/aromatic N) is 2. The topological polar surface area (TPSA) is 57.6 Å². The van der Waals surface area contributed by atoms with E-state index >= 15 is 0 Å². The highest BCUT2D eigenvalue weighted by molar-refractivity contribution is 5.53. The standard InChI is InChI=1S/C15H16N2O2/c1-12(2)10-11-19-15(18)14(17-16)9-8-13-6-4-3-5-7-13/h3-10H,11H2,1-2H3/p+1/b9-8+,15-14-. The Morgan fingerprint density at radius 3 is 2.58 bits per heavy atom. The Morgan fingerprint density at radius 2 is 2.00 bits per heavy atom. The first-order valence-electron chi connectivity index (χ1n) is 5.91. The molecule has 0 saturated heterocycles. The van der Waals surface area contributed by atoms with Crippen LogP contribution >= 0.6 is 0 Å². The summed E-state index contributed by atoms with van der Waals surface area (Å²) in [6.45, 7) is 4.08. The summed E-state index contributed by atoms with van der Waals surface area (Å²) in [7, 11) is 0. The van der Waals surface area contributed by atoms with Crippen LogP contribution in [0.4, 0.5) is 0 Å². The number of benzene rings is 1. The molecule has 98 valence electrons. The molecule has 0 aliphatic rings. The summed E-state index contributed by atoms with van der Waals surface area (Å²) in [6, 6.07) is 9.48. The van der Waals surface area contributed by atoms with Crippen molar-refractivity contribution in [2.45, 2.75) is 13.8 Å². The summed E-state index contributed by atoms with van der Waals surface area (Å²) in [5.41, 5.74) is 1.99. The van der Waals surface area contributed by atoms with E-state index in [1.165, 1.54) is 6.08 Å². The Kier molecular flexibility index (Phi) is 5.90. The van der Waals surface area contributed by atoms with Gasteiger partial charge in [-0.2, -0.15) is 0 Å². The first-order chi connectivity index (χ1) is 9.13. The van der Waals surface area contributed by atoms with E-state index in [0.29, 0.717) is 0 Å². The molecule has 0 spiro atoms. The van der Waals surface area contributed by atoms with Gasteiger partial charge in [0.25, 0.3) is 0 Å². The third-order valence-corrected chi connectivity index (χ3v) is 2.27. The lowest BCUT2D eigenvalue weighted by molar-refractivity contribution is 0.110. The van der Waals surface area contributed by atoms with Crippen molar-refractivity contribution in [1.29, 1.82) is 5.39 Å². The maximum Gasteiger partial charge on any atom is 0.464 e. The normalized spacial score (nSPS) is 11.6. The molecular weight excluding hydrogens is 240 g/mol. The molecule has 4 nitrogen and oxygen atoms in total. The summed E-state index contributed by atoms with van der Waals surface area (Å²) in [5.74, 6) is -0.410. The molecule has 0 amide bonds. The van der Waals surface area contributed by atoms with Crippen LogP contribution in [-0.4, -0.2) is 11.7 Å². The van der Waals surface area contributed by atoms with Gasteiger partial charge in [0.2, 0.25) is 5.39 Å². The fourth-order valence-electron chi connectivity index (χ4n) is 1.25. The minimum Gasteiger partial charge on any atom is -0.475 e. The zero-order valence-corrected chi connectivity index (χ0v) is 11.1. The third kappa shape index (κ3) is 5.55. The van der Waals surface area contributed by atoms with E-state index in [-0.39, 0.29) is 12.3 Å². The van der Waals surface area contributed by atoms with Crippen LogP contribution in [0, 0.1) is 5.39 Å². The number of diazo groups is 1. The van der Waals surface area contributed by atoms with E-state index in [0.717, 1.165) is 11.1 Å². The van der Waals surface area contributed by atoms with Crippen molar-refractivity contribution in [2.75, 3.05) is 6.61 Å². The second-order valence-electron chi connectivity index (χ2n) is 4.13. The van der Waals surface area contributed by atoms with Gasteiger partial charge in [-0.1, -0.05) is 35.9 Å². The van der Waals surface area contributed by atoms with E-state index in [2.05, 4.69) is 4.98 Å². The van der Waals surface area contributed by atoms with Gasteiger partial charge in [0.05, 0.1) is 0 Å². The molecule has 1 rings (SSSR count). The number of ether oxygens (including phenoxy) is 1. The van der Waals surface area contributed by atoms with Crippen LogP contribution in [0.1, 0.15) is 19.4 Å². The number of rotatable bonds is 5. The van der Waals surface area contributed by atoms with Gasteiger partial charge in [-0.15, -0.1) is 0 Å². The maximum absolute atomic E-state index is 9.62. The monoisotopic (exact) mass is 257 g/mol. The van der Waals surface area contributed by atoms with Crippen LogP contribution in [0.15, 0.2) is 59.7 Å². The van der Waals surface area contributed by atoms with Crippen molar-refractivity contribution in [3.63, 3.8) is 0 Å². The molecule has 1 N–H and O–H groups in total. The number of aliphatic hydroxyl groups is 1. The molecule has 0 fully saturated rings. The quantitative estimate of drug-likeness (QED) is 0.371. The molecule has 0 aromatic heterocycles. The summed E-state index contributed by atoms with van der Waals surface area (Å²) >= 11 is 0. The van der Waals surface area contributed by atoms with Crippen molar-refractivity contribution in [3.05, 3.63) is 70.2 Å². The van der Waals surface area contributed by atoms with Gasteiger partial charge < -0.3 is 9.84 Å². The van der Waals surface area contributed by atoms with E-state index in [1.54, 1.807) is 6.08 Å². The molecule has 0 bridgehead atoms. The van der Waals surface area contributed by atoms with Gasteiger partial charge in [-0.25, -0.2) is 0 Å². The molecule has 1 aromatic rings. The Hall–Kier alpha value is -2.54. The van der Waals surface area contributed by atoms with E-state index in [4.69, 9.17) is 10.1 Å². The molecule has 0 aliphatic heterocycles. The molecule has 0 aliphatic carbocycles. The van der Waals surface area contributed by atoms with Crippen LogP contribution in [0.5, 0.6) is 0 Å². The van der Waals surface area contributed by atoms with Gasteiger partial charge in [0.15, 0.2) is 4.98 Å². The van der Waals surface area contributed by atoms with Crippen molar-refractivity contribution >= 4 is 6.08 Å². The first-order valence-corrected chi connectivity index (χ1v) is 5.91. The lowest BCUT2D eigenvalue weighted by Gasteiger charge is -1.97. The zero-order valence-electron chi connectivity index (χ0n) is 11.1. The Morgan fingerprint density at radius 1 is 1.32 bits per heavy atom. The largest absolute Gasteiger partial charge is 0.475 e. The number of hydrogen-bond acceptors (Lipinski definition) is 3. The van der Waals surface area contributed by atoms with Crippen molar-refractivity contribution in [2.24, 2.45) is 0 Å². The molecular formula is C15H17N2O2+. The Balaban J connectivity index is 2.74. The van der Waals surface area contributed by atoms with Crippen molar-refractivity contribution < 1.29 is 9.84 Å². The minimum absolute atomic E-state index is 0.0222. The van der Waals surface area contributed by atoms with Crippen LogP contribution in [0.3, 0.4) is 0 Å². The average molecular weight is 257 g/mol. The predicted octanol–water partition coefficient (Wildman–Crippen LogP) is 4.26. The molecule has 19 heavy (non-hydrogen) atoms. The molecule has 0 radical (unpaired) electrons. The second-order valence-corrected chi connectivity index (χ2v) is 4.13. The van der Waals surface area contributed by atoms with Crippen LogP contribution in [-0.2, 0) is 4.74 Å². The molecule has 1 aromatic carbocycles. The van der Waals surface area contributed by atoms with Gasteiger partial charge in [-0.05, 0) is 31.6 Å². The maximum atomic E-state index is 9.62. The lowest BCUT2D eigenvalue weighted by atomic mass is 10.2. The highest BCUT2D eigenvalue weighted by atomic mass is 16.6. The fourth-order valence-corrected chi connectivity index (χ4v) is 1.25. The molecule has 0 unspecified atom stereocenters. The van der Waals surface area contributed by atoms with Gasteiger partial charge in [0.1, 0.15) is 6.61 Å². The SMILES string of the molecule is CC(C)=CCO/C(O)=C(/C=C/c1ccccc1)[N+]#N. The van der Waals surface area contributed by atoms with Crippen LogP contribution in [0.25, 0.3) is 11.1 Å². The second kappa shape index (κ2) is 7.72. The molecule has 4 heteroatoms. The summed E-state index contributed by atoms with van der Waals surface area (Å²) in [4.78, 5) is 3.00. The summed E-state index contributed by atoms with van der Waals surface area (Å²) in [5, 5.41) is 18.5. The first kappa shape index (κ1) is 14.5. The third-order valence-electron chi connectivity index (χ3n) is 2.27. The number of aliphatic hydroxyl groups excluding tert-OH is 1. The van der Waals surface area contributed by atoms with Crippen LogP contribution in [0.2, 0.25) is 0 Å². The van der Waals surface area contributed by atoms with Gasteiger partial charge in [0, 0.05) is 6.08 Å². The van der Waals surface area contributed by atoms with E-state index < -0.39 is 5.95 Å². The minimum atomic E-state index is -0.410. The summed E-state index contributed by atoms with van der Waals surface area (Å²) < 4.78 is 5.05. The van der Waals surface area contributed by atoms with Crippen molar-refractivity contribution in [1.82, 2.24) is 0 Å². The van der Waals surface area contributed by atoms with E-state index in [1.807, 2.05) is 50.3 Å². The van der Waals surface area contributed by atoms with Crippen molar-refractivity contribution in [3.8, 4) is 0 Å². The predicted molar refractivity (Wildman–Crippen MR) is 75.6 cm³/mol. The Labute approximate surface area is 113 Å². The van der Waals surface area contributed by atoms with Crippen LogP contribution < -0.4 is 0 Å². The van der Waals surface area contributed by atoms with Gasteiger partial charge >= 0.3 is 11.6 Å². The molecule has 0 saturated carbocycles. The molecule has 0 atom stereocenters. The van der Waals surface area contributed by atoms with Gasteiger partial charge in [-0.3, -0.25) is 0 Å². The highest BCUT2D eigenvalue weighted by Crippen LogP contribution is 2.10. The number of allylic oxidation sites excluding steroid dienone is 2. The van der Waals surface area contributed by atoms with E-state index in [9.17, 15) is 5.11 Å².